The molecule has 0 heterocycles. The molecule has 0 aromatic heterocycles. The smallest absolute Gasteiger partial charge is 0.340 e. The Balaban J connectivity index is 2.03. The van der Waals surface area contributed by atoms with E-state index in [0.717, 1.165) is 12.1 Å². The van der Waals surface area contributed by atoms with Crippen LogP contribution < -0.4 is 5.32 Å². The van der Waals surface area contributed by atoms with Crippen LogP contribution in [0.15, 0.2) is 46.9 Å². The predicted octanol–water partition coefficient (Wildman–Crippen LogP) is 4.43. The maximum absolute atomic E-state index is 13.0. The molecule has 0 aliphatic rings. The van der Waals surface area contributed by atoms with Crippen molar-refractivity contribution in [1.29, 1.82) is 0 Å². The number of benzene rings is 2. The predicted molar refractivity (Wildman–Crippen MR) is 89.1 cm³/mol. The minimum atomic E-state index is -1.05. The molecule has 120 valence electrons. The van der Waals surface area contributed by atoms with E-state index in [1.165, 1.54) is 13.0 Å². The van der Waals surface area contributed by atoms with E-state index in [1.807, 2.05) is 0 Å². The molecule has 2 rings (SSSR count). The SMILES string of the molecule is C[C@H](OC(=O)c1ccc(F)cc1Br)C(=O)Nc1ccccc1Cl. The number of amides is 1. The molecule has 23 heavy (non-hydrogen) atoms. The lowest BCUT2D eigenvalue weighted by molar-refractivity contribution is -0.123. The molecule has 0 radical (unpaired) electrons. The van der Waals surface area contributed by atoms with Gasteiger partial charge >= 0.3 is 5.97 Å². The van der Waals surface area contributed by atoms with Crippen LogP contribution in [0, 0.1) is 5.82 Å². The number of anilines is 1. The number of hydrogen-bond acceptors (Lipinski definition) is 3. The van der Waals surface area contributed by atoms with Gasteiger partial charge in [0.05, 0.1) is 16.3 Å². The van der Waals surface area contributed by atoms with Crippen molar-refractivity contribution in [2.75, 3.05) is 5.32 Å². The Bertz CT molecular complexity index is 754. The number of ether oxygens (including phenoxy) is 1. The summed E-state index contributed by atoms with van der Waals surface area (Å²) in [6, 6.07) is 10.3. The Hall–Kier alpha value is -1.92. The largest absolute Gasteiger partial charge is 0.449 e. The van der Waals surface area contributed by atoms with E-state index in [0.29, 0.717) is 10.7 Å². The van der Waals surface area contributed by atoms with Crippen molar-refractivity contribution in [1.82, 2.24) is 0 Å². The second kappa shape index (κ2) is 7.57. The van der Waals surface area contributed by atoms with E-state index in [2.05, 4.69) is 21.2 Å². The minimum Gasteiger partial charge on any atom is -0.449 e. The molecule has 1 amide bonds. The lowest BCUT2D eigenvalue weighted by atomic mass is 10.2. The monoisotopic (exact) mass is 399 g/mol. The molecule has 0 aliphatic heterocycles. The zero-order chi connectivity index (χ0) is 17.0. The molecule has 2 aromatic carbocycles. The Labute approximate surface area is 145 Å². The third-order valence-electron chi connectivity index (χ3n) is 2.94. The third kappa shape index (κ3) is 4.53. The van der Waals surface area contributed by atoms with Gasteiger partial charge in [-0.3, -0.25) is 4.79 Å². The molecular weight excluding hydrogens is 389 g/mol. The minimum absolute atomic E-state index is 0.129. The molecule has 0 fully saturated rings. The molecule has 7 heteroatoms. The highest BCUT2D eigenvalue weighted by molar-refractivity contribution is 9.10. The third-order valence-corrected chi connectivity index (χ3v) is 3.92. The molecule has 4 nitrogen and oxygen atoms in total. The van der Waals surface area contributed by atoms with Crippen LogP contribution >= 0.6 is 27.5 Å². The van der Waals surface area contributed by atoms with Gasteiger partial charge in [0, 0.05) is 4.47 Å². The summed E-state index contributed by atoms with van der Waals surface area (Å²) in [4.78, 5) is 24.1. The van der Waals surface area contributed by atoms with Crippen LogP contribution in [0.25, 0.3) is 0 Å². The first-order chi connectivity index (χ1) is 10.9. The van der Waals surface area contributed by atoms with Crippen molar-refractivity contribution in [2.45, 2.75) is 13.0 Å². The summed E-state index contributed by atoms with van der Waals surface area (Å²) in [6.45, 7) is 1.43. The number of carbonyl (C=O) groups excluding carboxylic acids is 2. The highest BCUT2D eigenvalue weighted by atomic mass is 79.9. The second-order valence-electron chi connectivity index (χ2n) is 4.64. The number of nitrogens with one attached hydrogen (secondary N) is 1. The summed E-state index contributed by atoms with van der Waals surface area (Å²) in [5, 5.41) is 2.95. The van der Waals surface area contributed by atoms with Gasteiger partial charge in [0.1, 0.15) is 5.82 Å². The van der Waals surface area contributed by atoms with E-state index in [9.17, 15) is 14.0 Å². The molecule has 1 N–H and O–H groups in total. The number of para-hydroxylation sites is 1. The molecule has 0 saturated heterocycles. The van der Waals surface area contributed by atoms with E-state index in [4.69, 9.17) is 16.3 Å². The van der Waals surface area contributed by atoms with Crippen LogP contribution in [-0.2, 0) is 9.53 Å². The zero-order valence-corrected chi connectivity index (χ0v) is 14.3. The topological polar surface area (TPSA) is 55.4 Å². The van der Waals surface area contributed by atoms with Crippen LogP contribution in [0.3, 0.4) is 0 Å². The van der Waals surface area contributed by atoms with Crippen LogP contribution in [0.1, 0.15) is 17.3 Å². The van der Waals surface area contributed by atoms with Crippen molar-refractivity contribution >= 4 is 45.1 Å². The molecule has 1 atom stereocenters. The molecule has 0 bridgehead atoms. The molecular formula is C16H12BrClFNO3. The van der Waals surface area contributed by atoms with Crippen LogP contribution in [0.2, 0.25) is 5.02 Å². The Morgan fingerprint density at radius 1 is 1.26 bits per heavy atom. The number of carbonyl (C=O) groups is 2. The van der Waals surface area contributed by atoms with Gasteiger partial charge in [-0.2, -0.15) is 0 Å². The lowest BCUT2D eigenvalue weighted by Crippen LogP contribution is -2.30. The van der Waals surface area contributed by atoms with Gasteiger partial charge in [0.15, 0.2) is 6.10 Å². The van der Waals surface area contributed by atoms with Crippen molar-refractivity contribution in [3.05, 3.63) is 63.3 Å². The maximum atomic E-state index is 13.0. The van der Waals surface area contributed by atoms with Gasteiger partial charge in [-0.1, -0.05) is 23.7 Å². The Morgan fingerprint density at radius 3 is 2.61 bits per heavy atom. The van der Waals surface area contributed by atoms with Gasteiger partial charge in [-0.25, -0.2) is 9.18 Å². The molecule has 2 aromatic rings. The van der Waals surface area contributed by atoms with Gasteiger partial charge in [-0.15, -0.1) is 0 Å². The summed E-state index contributed by atoms with van der Waals surface area (Å²) in [5.74, 6) is -1.75. The summed E-state index contributed by atoms with van der Waals surface area (Å²) in [7, 11) is 0. The zero-order valence-electron chi connectivity index (χ0n) is 12.0. The van der Waals surface area contributed by atoms with Gasteiger partial charge in [0.25, 0.3) is 5.91 Å². The average Bonchev–Trinajstić information content (AvgIpc) is 2.49. The van der Waals surface area contributed by atoms with Crippen LogP contribution in [-0.4, -0.2) is 18.0 Å². The van der Waals surface area contributed by atoms with Crippen LogP contribution in [0.5, 0.6) is 0 Å². The molecule has 0 spiro atoms. The normalized spacial score (nSPS) is 11.7. The molecule has 0 unspecified atom stereocenters. The van der Waals surface area contributed by atoms with E-state index >= 15 is 0 Å². The maximum Gasteiger partial charge on any atom is 0.340 e. The highest BCUT2D eigenvalue weighted by Crippen LogP contribution is 2.22. The Kier molecular flexibility index (Phi) is 5.74. The number of rotatable bonds is 4. The Morgan fingerprint density at radius 2 is 1.96 bits per heavy atom. The summed E-state index contributed by atoms with van der Waals surface area (Å²) < 4.78 is 18.4. The lowest BCUT2D eigenvalue weighted by Gasteiger charge is -2.14. The fourth-order valence-corrected chi connectivity index (χ4v) is 2.43. The first-order valence-electron chi connectivity index (χ1n) is 6.60. The van der Waals surface area contributed by atoms with Gasteiger partial charge < -0.3 is 10.1 Å². The molecule has 0 aliphatic carbocycles. The fourth-order valence-electron chi connectivity index (χ4n) is 1.73. The van der Waals surface area contributed by atoms with E-state index in [-0.39, 0.29) is 10.0 Å². The second-order valence-corrected chi connectivity index (χ2v) is 5.90. The first-order valence-corrected chi connectivity index (χ1v) is 7.77. The first kappa shape index (κ1) is 17.4. The highest BCUT2D eigenvalue weighted by Gasteiger charge is 2.21. The van der Waals surface area contributed by atoms with Crippen molar-refractivity contribution in [3.8, 4) is 0 Å². The summed E-state index contributed by atoms with van der Waals surface area (Å²) in [5.41, 5.74) is 0.550. The summed E-state index contributed by atoms with van der Waals surface area (Å²) >= 11 is 9.03. The standard InChI is InChI=1S/C16H12BrClFNO3/c1-9(15(21)20-14-5-3-2-4-13(14)18)23-16(22)11-7-6-10(19)8-12(11)17/h2-9H,1H3,(H,20,21)/t9-/m0/s1. The van der Waals surface area contributed by atoms with Gasteiger partial charge in [0.2, 0.25) is 0 Å². The van der Waals surface area contributed by atoms with E-state index in [1.54, 1.807) is 24.3 Å². The quantitative estimate of drug-likeness (QED) is 0.773. The van der Waals surface area contributed by atoms with Crippen molar-refractivity contribution in [2.24, 2.45) is 0 Å². The number of hydrogen-bond donors (Lipinski definition) is 1. The molecule has 0 saturated carbocycles. The van der Waals surface area contributed by atoms with Crippen LogP contribution in [0.4, 0.5) is 10.1 Å². The van der Waals surface area contributed by atoms with Crippen molar-refractivity contribution in [3.63, 3.8) is 0 Å². The van der Waals surface area contributed by atoms with E-state index < -0.39 is 23.8 Å². The average molecular weight is 401 g/mol. The number of halogens is 3. The summed E-state index contributed by atoms with van der Waals surface area (Å²) in [6.07, 6.45) is -1.05. The fraction of sp³-hybridized carbons (Fsp3) is 0.125. The van der Waals surface area contributed by atoms with Crippen molar-refractivity contribution < 1.29 is 18.7 Å². The van der Waals surface area contributed by atoms with Gasteiger partial charge in [-0.05, 0) is 53.2 Å². The number of esters is 1.